The van der Waals surface area contributed by atoms with Gasteiger partial charge in [-0.2, -0.15) is 5.10 Å². The van der Waals surface area contributed by atoms with Gasteiger partial charge in [-0.3, -0.25) is 38.6 Å². The number of aromatic nitrogens is 2. The van der Waals surface area contributed by atoms with Crippen molar-refractivity contribution in [3.63, 3.8) is 0 Å². The number of halogens is 3. The van der Waals surface area contributed by atoms with Gasteiger partial charge in [-0.1, -0.05) is 61.7 Å². The number of rotatable bonds is 14. The van der Waals surface area contributed by atoms with Crippen molar-refractivity contribution in [3.05, 3.63) is 146 Å². The second kappa shape index (κ2) is 27.4. The fourth-order valence-electron chi connectivity index (χ4n) is 13.0. The summed E-state index contributed by atoms with van der Waals surface area (Å²) in [5, 5.41) is 13.8. The maximum absolute atomic E-state index is 15.0. The van der Waals surface area contributed by atoms with Gasteiger partial charge in [-0.15, -0.1) is 0 Å². The Morgan fingerprint density at radius 2 is 1.37 bits per heavy atom. The summed E-state index contributed by atoms with van der Waals surface area (Å²) < 4.78 is 41.7. The summed E-state index contributed by atoms with van der Waals surface area (Å²) in [6, 6.07) is 21.0. The molecule has 5 aromatic rings. The number of benzene rings is 4. The highest BCUT2D eigenvalue weighted by atomic mass is 19.1. The number of fused-ring (bicyclic) bond motifs is 2. The lowest BCUT2D eigenvalue weighted by molar-refractivity contribution is -0.135. The van der Waals surface area contributed by atoms with Crippen molar-refractivity contribution >= 4 is 40.3 Å². The summed E-state index contributed by atoms with van der Waals surface area (Å²) in [4.78, 5) is 88.7. The van der Waals surface area contributed by atoms with E-state index in [0.717, 1.165) is 107 Å². The number of nitrogens with zero attached hydrogens (tertiary/aromatic N) is 7. The Labute approximate surface area is 477 Å². The number of carbonyl (C=O) groups excluding carboxylic acids is 5. The lowest BCUT2D eigenvalue weighted by Gasteiger charge is -2.40. The Morgan fingerprint density at radius 1 is 0.634 bits per heavy atom. The predicted octanol–water partition coefficient (Wildman–Crippen LogP) is 6.51. The molecule has 3 N–H and O–H groups in total. The van der Waals surface area contributed by atoms with Crippen LogP contribution >= 0.6 is 0 Å². The summed E-state index contributed by atoms with van der Waals surface area (Å²) in [5.41, 5.74) is 4.42. The minimum Gasteiger partial charge on any atom is -0.352 e. The first-order valence-electron chi connectivity index (χ1n) is 29.7. The number of aromatic amines is 1. The normalized spacial score (nSPS) is 19.5. The molecule has 1 unspecified atom stereocenters. The first-order valence-corrected chi connectivity index (χ1v) is 29.7. The molecular formula is C63H77F3N10O6. The lowest BCUT2D eigenvalue weighted by Crippen LogP contribution is -2.53. The van der Waals surface area contributed by atoms with E-state index in [1.165, 1.54) is 55.9 Å². The zero-order valence-electron chi connectivity index (χ0n) is 47.0. The minimum atomic E-state index is -0.620. The monoisotopic (exact) mass is 1130 g/mol. The van der Waals surface area contributed by atoms with Crippen molar-refractivity contribution in [2.24, 2.45) is 11.8 Å². The van der Waals surface area contributed by atoms with Gasteiger partial charge in [0.05, 0.1) is 29.7 Å². The molecule has 4 aromatic carbocycles. The maximum Gasteiger partial charge on any atom is 0.272 e. The van der Waals surface area contributed by atoms with Crippen molar-refractivity contribution in [3.8, 4) is 0 Å². The Kier molecular flexibility index (Phi) is 19.5. The van der Waals surface area contributed by atoms with Crippen LogP contribution in [0.25, 0.3) is 10.8 Å². The van der Waals surface area contributed by atoms with Crippen molar-refractivity contribution < 1.29 is 37.1 Å². The number of likely N-dealkylation sites (tertiary alicyclic amines) is 2. The fraction of sp³-hybridized carbons (Fsp3) is 0.508. The molecule has 1 aliphatic carbocycles. The van der Waals surface area contributed by atoms with Gasteiger partial charge in [0, 0.05) is 126 Å². The standard InChI is InChI=1S/C40H52FN7O4.C23H25F2N3O2/c41-35-11-10-31(25-36-32-8-4-5-9-33(32)39(51)43-42-36)24-34(35)40(52)48-22-20-47(21-23-48)38(50)28-44-14-12-30(13-15-44)27-45-16-18-46(19-17-45)37(49)26-29-6-2-1-3-7-29;24-17-7-6-15(21(25)11-17)12-26-13-22(29)28-10-2-3-16(14-28)18-4-1-5-20-19(18)8-9-27-23(20)30/h4-5,8-11,24,29-30H,1-3,6-7,12-23,25-28H2,(H,43,51);1,4-7,11,16,26H,2-3,8-10,12-14H2,(H,27,30). The molecule has 16 nitrogen and oxygen atoms in total. The molecule has 82 heavy (non-hydrogen) atoms. The highest BCUT2D eigenvalue weighted by Gasteiger charge is 2.32. The summed E-state index contributed by atoms with van der Waals surface area (Å²) >= 11 is 0. The smallest absolute Gasteiger partial charge is 0.272 e. The van der Waals surface area contributed by atoms with Crippen molar-refractivity contribution in [2.45, 2.75) is 89.5 Å². The largest absolute Gasteiger partial charge is 0.352 e. The number of hydrogen-bond acceptors (Lipinski definition) is 10. The van der Waals surface area contributed by atoms with Crippen LogP contribution in [0.2, 0.25) is 0 Å². The van der Waals surface area contributed by atoms with E-state index in [2.05, 4.69) is 41.6 Å². The van der Waals surface area contributed by atoms with E-state index >= 15 is 0 Å². The van der Waals surface area contributed by atoms with Gasteiger partial charge in [0.15, 0.2) is 0 Å². The average molecular weight is 1130 g/mol. The molecule has 11 rings (SSSR count). The third-order valence-corrected chi connectivity index (χ3v) is 17.8. The van der Waals surface area contributed by atoms with Gasteiger partial charge in [0.2, 0.25) is 17.7 Å². The van der Waals surface area contributed by atoms with Crippen molar-refractivity contribution in [2.75, 3.05) is 105 Å². The molecule has 1 saturated carbocycles. The number of piperazine rings is 2. The molecule has 0 bridgehead atoms. The van der Waals surface area contributed by atoms with E-state index in [9.17, 15) is 41.9 Å². The van der Waals surface area contributed by atoms with Crippen LogP contribution in [0.3, 0.4) is 0 Å². The van der Waals surface area contributed by atoms with Gasteiger partial charge in [-0.25, -0.2) is 18.3 Å². The van der Waals surface area contributed by atoms with E-state index in [4.69, 9.17) is 0 Å². The number of nitrogens with one attached hydrogen (secondary N) is 3. The highest BCUT2D eigenvalue weighted by Crippen LogP contribution is 2.33. The van der Waals surface area contributed by atoms with Crippen LogP contribution in [-0.2, 0) is 33.8 Å². The zero-order valence-corrected chi connectivity index (χ0v) is 47.0. The molecule has 436 valence electrons. The average Bonchev–Trinajstić information content (AvgIpc) is 3.55. The van der Waals surface area contributed by atoms with Gasteiger partial charge in [0.25, 0.3) is 17.4 Å². The number of hydrogen-bond donors (Lipinski definition) is 3. The quantitative estimate of drug-likeness (QED) is 0.111. The Balaban J connectivity index is 0.000000212. The van der Waals surface area contributed by atoms with Gasteiger partial charge in [-0.05, 0) is 117 Å². The third kappa shape index (κ3) is 14.6. The second-order valence-corrected chi connectivity index (χ2v) is 23.2. The summed E-state index contributed by atoms with van der Waals surface area (Å²) in [5.74, 6) is -0.446. The first-order chi connectivity index (χ1) is 39.8. The Morgan fingerprint density at radius 3 is 2.13 bits per heavy atom. The van der Waals surface area contributed by atoms with Crippen LogP contribution in [0.1, 0.15) is 119 Å². The fourth-order valence-corrected chi connectivity index (χ4v) is 13.0. The second-order valence-electron chi connectivity index (χ2n) is 23.2. The van der Waals surface area contributed by atoms with Crippen LogP contribution in [-0.4, -0.2) is 174 Å². The summed E-state index contributed by atoms with van der Waals surface area (Å²) in [6.45, 7) is 10.6. The number of carbonyl (C=O) groups is 5. The Bertz CT molecular complexity index is 3150. The number of amides is 5. The molecule has 1 atom stereocenters. The molecule has 6 heterocycles. The number of H-pyrrole nitrogens is 1. The topological polar surface area (TPSA) is 175 Å². The van der Waals surface area contributed by atoms with E-state index in [0.29, 0.717) is 98.7 Å². The van der Waals surface area contributed by atoms with E-state index in [-0.39, 0.29) is 53.8 Å². The lowest BCUT2D eigenvalue weighted by atomic mass is 9.83. The van der Waals surface area contributed by atoms with Gasteiger partial charge < -0.3 is 30.2 Å². The number of piperidine rings is 2. The molecule has 1 aromatic heterocycles. The van der Waals surface area contributed by atoms with Gasteiger partial charge >= 0.3 is 0 Å². The van der Waals surface area contributed by atoms with Crippen LogP contribution < -0.4 is 16.2 Å². The predicted molar refractivity (Wildman–Crippen MR) is 307 cm³/mol. The highest BCUT2D eigenvalue weighted by molar-refractivity contribution is 5.97. The van der Waals surface area contributed by atoms with E-state index < -0.39 is 17.5 Å². The van der Waals surface area contributed by atoms with Crippen LogP contribution in [0.5, 0.6) is 0 Å². The molecular weight excluding hydrogens is 1050 g/mol. The van der Waals surface area contributed by atoms with Crippen molar-refractivity contribution in [1.82, 2.24) is 50.2 Å². The zero-order chi connectivity index (χ0) is 57.1. The van der Waals surface area contributed by atoms with E-state index in [1.807, 2.05) is 34.1 Å². The molecule has 5 fully saturated rings. The first kappa shape index (κ1) is 58.2. The van der Waals surface area contributed by atoms with Crippen molar-refractivity contribution in [1.29, 1.82) is 0 Å². The molecule has 19 heteroatoms. The van der Waals surface area contributed by atoms with E-state index in [1.54, 1.807) is 29.2 Å². The Hall–Kier alpha value is -6.96. The van der Waals surface area contributed by atoms with Gasteiger partial charge in [0.1, 0.15) is 17.5 Å². The SMILES string of the molecule is O=C(CC1CCCCC1)N1CCN(CC2CCN(CC(=O)N3CCN(C(=O)c4cc(Cc5n[nH]c(=O)c6ccccc56)ccc4F)CC3)CC2)CC1.O=C1NCCc2c1cccc2C1CCCN(C(=O)CNCc2ccc(F)cc2F)C1. The maximum atomic E-state index is 15.0. The molecule has 4 saturated heterocycles. The molecule has 0 radical (unpaired) electrons. The molecule has 5 amide bonds. The minimum absolute atomic E-state index is 0.00101. The van der Waals surface area contributed by atoms with Crippen LogP contribution in [0.15, 0.2) is 83.7 Å². The summed E-state index contributed by atoms with van der Waals surface area (Å²) in [7, 11) is 0. The van der Waals surface area contributed by atoms with Crippen LogP contribution in [0.4, 0.5) is 13.2 Å². The molecule has 6 aliphatic rings. The van der Waals surface area contributed by atoms with Crippen LogP contribution in [0, 0.1) is 29.3 Å². The molecule has 0 spiro atoms. The molecule has 5 aliphatic heterocycles. The third-order valence-electron chi connectivity index (χ3n) is 17.8. The summed E-state index contributed by atoms with van der Waals surface area (Å²) in [6.07, 6.45) is 12.2.